The van der Waals surface area contributed by atoms with E-state index in [4.69, 9.17) is 11.6 Å². The molecule has 1 fully saturated rings. The lowest BCUT2D eigenvalue weighted by molar-refractivity contribution is -0.117. The fourth-order valence-corrected chi connectivity index (χ4v) is 2.54. The van der Waals surface area contributed by atoms with Crippen LogP contribution in [0.5, 0.6) is 0 Å². The fraction of sp³-hybridized carbons (Fsp3) is 0.188. The first-order chi connectivity index (χ1) is 9.65. The van der Waals surface area contributed by atoms with E-state index in [9.17, 15) is 9.18 Å². The van der Waals surface area contributed by atoms with Crippen LogP contribution in [0.25, 0.3) is 0 Å². The second kappa shape index (κ2) is 5.25. The molecule has 0 aliphatic heterocycles. The Labute approximate surface area is 121 Å². The molecule has 0 spiro atoms. The van der Waals surface area contributed by atoms with Crippen molar-refractivity contribution in [2.24, 2.45) is 5.92 Å². The van der Waals surface area contributed by atoms with Gasteiger partial charge in [-0.1, -0.05) is 41.9 Å². The molecular weight excluding hydrogens is 277 g/mol. The molecule has 1 amide bonds. The molecule has 0 radical (unpaired) electrons. The molecule has 1 aliphatic rings. The Morgan fingerprint density at radius 2 is 1.95 bits per heavy atom. The highest BCUT2D eigenvalue weighted by atomic mass is 35.5. The number of carbonyl (C=O) groups is 1. The second-order valence-corrected chi connectivity index (χ2v) is 5.38. The molecule has 0 bridgehead atoms. The van der Waals surface area contributed by atoms with Crippen molar-refractivity contribution in [1.82, 2.24) is 0 Å². The van der Waals surface area contributed by atoms with Crippen molar-refractivity contribution in [1.29, 1.82) is 0 Å². The molecule has 20 heavy (non-hydrogen) atoms. The van der Waals surface area contributed by atoms with Gasteiger partial charge in [0.15, 0.2) is 0 Å². The summed E-state index contributed by atoms with van der Waals surface area (Å²) in [5.41, 5.74) is 1.71. The molecule has 2 nitrogen and oxygen atoms in total. The van der Waals surface area contributed by atoms with Gasteiger partial charge in [0.2, 0.25) is 5.91 Å². The molecule has 2 aromatic carbocycles. The van der Waals surface area contributed by atoms with Crippen LogP contribution in [0.15, 0.2) is 48.5 Å². The molecule has 1 saturated carbocycles. The van der Waals surface area contributed by atoms with Crippen LogP contribution < -0.4 is 5.32 Å². The number of anilines is 1. The third kappa shape index (κ3) is 2.68. The number of benzene rings is 2. The SMILES string of the molecule is O=C(Nc1ccc(F)c(Cl)c1)[C@H]1C[C@H]1c1ccccc1. The van der Waals surface area contributed by atoms with Crippen LogP contribution >= 0.6 is 11.6 Å². The van der Waals surface area contributed by atoms with Crippen LogP contribution in [-0.4, -0.2) is 5.91 Å². The van der Waals surface area contributed by atoms with Gasteiger partial charge in [-0.05, 0) is 36.1 Å². The normalized spacial score (nSPS) is 20.5. The third-order valence-corrected chi connectivity index (χ3v) is 3.83. The Hall–Kier alpha value is -1.87. The second-order valence-electron chi connectivity index (χ2n) is 4.98. The van der Waals surface area contributed by atoms with Crippen molar-refractivity contribution in [2.45, 2.75) is 12.3 Å². The highest BCUT2D eigenvalue weighted by Gasteiger charge is 2.43. The lowest BCUT2D eigenvalue weighted by Gasteiger charge is -2.06. The van der Waals surface area contributed by atoms with Crippen LogP contribution in [0.3, 0.4) is 0 Å². The average molecular weight is 290 g/mol. The van der Waals surface area contributed by atoms with Gasteiger partial charge >= 0.3 is 0 Å². The van der Waals surface area contributed by atoms with E-state index in [1.807, 2.05) is 30.3 Å². The summed E-state index contributed by atoms with van der Waals surface area (Å²) in [7, 11) is 0. The zero-order valence-corrected chi connectivity index (χ0v) is 11.4. The molecule has 4 heteroatoms. The highest BCUT2D eigenvalue weighted by molar-refractivity contribution is 6.31. The van der Waals surface area contributed by atoms with Crippen molar-refractivity contribution in [2.75, 3.05) is 5.32 Å². The predicted octanol–water partition coefficient (Wildman–Crippen LogP) is 4.22. The van der Waals surface area contributed by atoms with Crippen LogP contribution in [0, 0.1) is 11.7 Å². The van der Waals surface area contributed by atoms with E-state index in [-0.39, 0.29) is 22.8 Å². The maximum Gasteiger partial charge on any atom is 0.228 e. The van der Waals surface area contributed by atoms with Crippen molar-refractivity contribution in [3.8, 4) is 0 Å². The van der Waals surface area contributed by atoms with Gasteiger partial charge in [0, 0.05) is 11.6 Å². The molecule has 1 aliphatic carbocycles. The van der Waals surface area contributed by atoms with E-state index < -0.39 is 5.82 Å². The van der Waals surface area contributed by atoms with E-state index in [1.54, 1.807) is 0 Å². The largest absolute Gasteiger partial charge is 0.326 e. The zero-order chi connectivity index (χ0) is 14.1. The van der Waals surface area contributed by atoms with Gasteiger partial charge < -0.3 is 5.32 Å². The molecule has 0 unspecified atom stereocenters. The van der Waals surface area contributed by atoms with Gasteiger partial charge in [-0.2, -0.15) is 0 Å². The van der Waals surface area contributed by atoms with E-state index in [0.717, 1.165) is 6.42 Å². The van der Waals surface area contributed by atoms with E-state index in [2.05, 4.69) is 5.32 Å². The van der Waals surface area contributed by atoms with E-state index >= 15 is 0 Å². The minimum atomic E-state index is -0.488. The first kappa shape index (κ1) is 13.1. The van der Waals surface area contributed by atoms with Crippen LogP contribution in [-0.2, 0) is 4.79 Å². The molecule has 2 atom stereocenters. The summed E-state index contributed by atoms with van der Waals surface area (Å²) in [4.78, 5) is 12.1. The van der Waals surface area contributed by atoms with Crippen molar-refractivity contribution >= 4 is 23.2 Å². The summed E-state index contributed by atoms with van der Waals surface area (Å²) < 4.78 is 13.0. The Bertz CT molecular complexity index is 644. The summed E-state index contributed by atoms with van der Waals surface area (Å²) in [5.74, 6) is -0.256. The lowest BCUT2D eigenvalue weighted by Crippen LogP contribution is -2.14. The Kier molecular flexibility index (Phi) is 3.45. The molecule has 0 heterocycles. The number of halogens is 2. The Balaban J connectivity index is 1.65. The van der Waals surface area contributed by atoms with Gasteiger partial charge in [0.25, 0.3) is 0 Å². The zero-order valence-electron chi connectivity index (χ0n) is 10.6. The fourth-order valence-electron chi connectivity index (χ4n) is 2.36. The van der Waals surface area contributed by atoms with Gasteiger partial charge in [0.05, 0.1) is 5.02 Å². The van der Waals surface area contributed by atoms with Crippen LogP contribution in [0.1, 0.15) is 17.9 Å². The van der Waals surface area contributed by atoms with E-state index in [1.165, 1.54) is 23.8 Å². The topological polar surface area (TPSA) is 29.1 Å². The van der Waals surface area contributed by atoms with Crippen molar-refractivity contribution in [3.05, 3.63) is 64.9 Å². The van der Waals surface area contributed by atoms with Gasteiger partial charge in [-0.3, -0.25) is 4.79 Å². The maximum absolute atomic E-state index is 13.0. The average Bonchev–Trinajstić information content (AvgIpc) is 3.24. The third-order valence-electron chi connectivity index (χ3n) is 3.54. The van der Waals surface area contributed by atoms with Crippen LogP contribution in [0.4, 0.5) is 10.1 Å². The van der Waals surface area contributed by atoms with Gasteiger partial charge in [0.1, 0.15) is 5.82 Å². The number of nitrogens with one attached hydrogen (secondary N) is 1. The number of rotatable bonds is 3. The molecule has 2 aromatic rings. The summed E-state index contributed by atoms with van der Waals surface area (Å²) >= 11 is 5.69. The summed E-state index contributed by atoms with van der Waals surface area (Å²) in [6.45, 7) is 0. The quantitative estimate of drug-likeness (QED) is 0.900. The number of amides is 1. The molecule has 1 N–H and O–H groups in total. The molecular formula is C16H13ClFNO. The predicted molar refractivity (Wildman–Crippen MR) is 77.3 cm³/mol. The number of carbonyl (C=O) groups excluding carboxylic acids is 1. The van der Waals surface area contributed by atoms with E-state index in [0.29, 0.717) is 5.69 Å². The summed E-state index contributed by atoms with van der Waals surface area (Å²) in [6.07, 6.45) is 0.852. The summed E-state index contributed by atoms with van der Waals surface area (Å²) in [5, 5.41) is 2.79. The highest BCUT2D eigenvalue weighted by Crippen LogP contribution is 2.47. The first-order valence-electron chi connectivity index (χ1n) is 6.46. The van der Waals surface area contributed by atoms with Crippen molar-refractivity contribution in [3.63, 3.8) is 0 Å². The minimum absolute atomic E-state index is 0.0122. The summed E-state index contributed by atoms with van der Waals surface area (Å²) in [6, 6.07) is 14.2. The molecule has 102 valence electrons. The smallest absolute Gasteiger partial charge is 0.228 e. The Morgan fingerprint density at radius 1 is 1.20 bits per heavy atom. The number of hydrogen-bond acceptors (Lipinski definition) is 1. The van der Waals surface area contributed by atoms with Gasteiger partial charge in [-0.15, -0.1) is 0 Å². The number of hydrogen-bond donors (Lipinski definition) is 1. The maximum atomic E-state index is 13.0. The monoisotopic (exact) mass is 289 g/mol. The van der Waals surface area contributed by atoms with Crippen molar-refractivity contribution < 1.29 is 9.18 Å². The molecule has 0 saturated heterocycles. The molecule has 3 rings (SSSR count). The minimum Gasteiger partial charge on any atom is -0.326 e. The lowest BCUT2D eigenvalue weighted by atomic mass is 10.1. The van der Waals surface area contributed by atoms with Crippen LogP contribution in [0.2, 0.25) is 5.02 Å². The Morgan fingerprint density at radius 3 is 2.65 bits per heavy atom. The van der Waals surface area contributed by atoms with Gasteiger partial charge in [-0.25, -0.2) is 4.39 Å². The standard InChI is InChI=1S/C16H13ClFNO/c17-14-8-11(6-7-15(14)18)19-16(20)13-9-12(13)10-4-2-1-3-5-10/h1-8,12-13H,9H2,(H,19,20)/t12-,13-/m0/s1. The molecule has 0 aromatic heterocycles. The first-order valence-corrected chi connectivity index (χ1v) is 6.84.